The maximum absolute atomic E-state index is 13.3. The lowest BCUT2D eigenvalue weighted by molar-refractivity contribution is -0.124. The molecule has 1 aromatic heterocycles. The average Bonchev–Trinajstić information content (AvgIpc) is 3.65. The topological polar surface area (TPSA) is 153 Å². The van der Waals surface area contributed by atoms with Crippen molar-refractivity contribution in [3.05, 3.63) is 84.1 Å². The molecular formula is C30H28N8O4. The molecule has 3 heterocycles. The normalized spacial score (nSPS) is 17.8. The number of H-pyrrole nitrogens is 1. The van der Waals surface area contributed by atoms with Gasteiger partial charge in [0.05, 0.1) is 17.4 Å². The predicted molar refractivity (Wildman–Crippen MR) is 157 cm³/mol. The van der Waals surface area contributed by atoms with Gasteiger partial charge in [-0.2, -0.15) is 10.2 Å². The number of amidine groups is 1. The van der Waals surface area contributed by atoms with Crippen molar-refractivity contribution >= 4 is 45.8 Å². The van der Waals surface area contributed by atoms with Crippen molar-refractivity contribution in [2.45, 2.75) is 31.5 Å². The molecule has 6 rings (SSSR count). The van der Waals surface area contributed by atoms with Crippen LogP contribution in [0.4, 0.5) is 11.4 Å². The fourth-order valence-corrected chi connectivity index (χ4v) is 4.85. The van der Waals surface area contributed by atoms with E-state index in [0.717, 1.165) is 22.0 Å². The molecule has 2 aliphatic heterocycles. The zero-order valence-electron chi connectivity index (χ0n) is 22.8. The van der Waals surface area contributed by atoms with Crippen LogP contribution in [-0.2, 0) is 27.2 Å². The second-order valence-corrected chi connectivity index (χ2v) is 10.1. The van der Waals surface area contributed by atoms with Crippen LogP contribution >= 0.6 is 0 Å². The Hall–Kier alpha value is -5.39. The number of anilines is 2. The molecule has 0 radical (unpaired) electrons. The summed E-state index contributed by atoms with van der Waals surface area (Å²) in [4.78, 5) is 44.5. The highest BCUT2D eigenvalue weighted by Gasteiger charge is 2.32. The van der Waals surface area contributed by atoms with Gasteiger partial charge in [-0.15, -0.1) is 5.11 Å². The molecule has 2 aliphatic rings. The van der Waals surface area contributed by atoms with Crippen LogP contribution < -0.4 is 20.3 Å². The van der Waals surface area contributed by atoms with Gasteiger partial charge in [-0.05, 0) is 47.9 Å². The van der Waals surface area contributed by atoms with Gasteiger partial charge in [0.25, 0.3) is 11.8 Å². The van der Waals surface area contributed by atoms with E-state index in [2.05, 4.69) is 36.1 Å². The van der Waals surface area contributed by atoms with E-state index in [0.29, 0.717) is 30.0 Å². The van der Waals surface area contributed by atoms with Gasteiger partial charge in [0.15, 0.2) is 6.17 Å². The van der Waals surface area contributed by atoms with Crippen LogP contribution in [0, 0.1) is 0 Å². The number of hydrogen-bond acceptors (Lipinski definition) is 8. The lowest BCUT2D eigenvalue weighted by Crippen LogP contribution is -2.50. The van der Waals surface area contributed by atoms with E-state index in [1.54, 1.807) is 19.3 Å². The summed E-state index contributed by atoms with van der Waals surface area (Å²) in [6.45, 7) is -0.0534. The molecule has 3 N–H and O–H groups in total. The number of rotatable bonds is 8. The van der Waals surface area contributed by atoms with Gasteiger partial charge in [0, 0.05) is 31.0 Å². The minimum Gasteiger partial charge on any atom is -0.489 e. The fraction of sp³-hybridized carbons (Fsp3) is 0.233. The fourth-order valence-electron chi connectivity index (χ4n) is 4.85. The highest BCUT2D eigenvalue weighted by molar-refractivity contribution is 6.38. The molecule has 2 unspecified atom stereocenters. The Kier molecular flexibility index (Phi) is 7.41. The van der Waals surface area contributed by atoms with Crippen molar-refractivity contribution in [2.24, 2.45) is 15.2 Å². The number of fused-ring (bicyclic) bond motifs is 2. The second-order valence-electron chi connectivity index (χ2n) is 10.1. The molecule has 42 heavy (non-hydrogen) atoms. The summed E-state index contributed by atoms with van der Waals surface area (Å²) in [7, 11) is 1.62. The van der Waals surface area contributed by atoms with E-state index in [4.69, 9.17) is 4.74 Å². The Morgan fingerprint density at radius 2 is 1.93 bits per heavy atom. The summed E-state index contributed by atoms with van der Waals surface area (Å²) in [5.74, 6) is -0.635. The third-order valence-electron chi connectivity index (χ3n) is 7.11. The Morgan fingerprint density at radius 3 is 2.79 bits per heavy atom. The number of aryl methyl sites for hydroxylation is 1. The van der Waals surface area contributed by atoms with Gasteiger partial charge in [-0.25, -0.2) is 4.99 Å². The Bertz CT molecular complexity index is 1710. The van der Waals surface area contributed by atoms with Crippen LogP contribution in [-0.4, -0.2) is 59.6 Å². The van der Waals surface area contributed by atoms with Crippen LogP contribution in [0.15, 0.2) is 88.1 Å². The minimum atomic E-state index is -0.942. The first-order valence-corrected chi connectivity index (χ1v) is 13.5. The first-order chi connectivity index (χ1) is 20.4. The van der Waals surface area contributed by atoms with E-state index in [9.17, 15) is 14.4 Å². The Balaban J connectivity index is 1.05. The molecule has 2 atom stereocenters. The number of aromatic amines is 1. The predicted octanol–water partition coefficient (Wildman–Crippen LogP) is 3.41. The second kappa shape index (κ2) is 11.6. The zero-order chi connectivity index (χ0) is 29.1. The zero-order valence-corrected chi connectivity index (χ0v) is 22.8. The number of nitrogens with one attached hydrogen (secondary N) is 3. The van der Waals surface area contributed by atoms with Crippen LogP contribution in [0.2, 0.25) is 0 Å². The van der Waals surface area contributed by atoms with Gasteiger partial charge >= 0.3 is 0 Å². The smallest absolute Gasteiger partial charge is 0.291 e. The first kappa shape index (κ1) is 26.8. The number of aliphatic imine (C=N–C) groups is 1. The van der Waals surface area contributed by atoms with E-state index >= 15 is 0 Å². The highest BCUT2D eigenvalue weighted by atomic mass is 16.5. The monoisotopic (exact) mass is 564 g/mol. The van der Waals surface area contributed by atoms with Gasteiger partial charge in [0.2, 0.25) is 11.7 Å². The largest absolute Gasteiger partial charge is 0.489 e. The number of benzene rings is 3. The number of nitrogens with zero attached hydrogens (tertiary/aromatic N) is 5. The van der Waals surface area contributed by atoms with Crippen molar-refractivity contribution in [2.75, 3.05) is 23.9 Å². The summed E-state index contributed by atoms with van der Waals surface area (Å²) in [6, 6.07) is 19.8. The molecule has 0 aliphatic carbocycles. The maximum Gasteiger partial charge on any atom is 0.291 e. The van der Waals surface area contributed by atoms with Crippen LogP contribution in [0.1, 0.15) is 17.5 Å². The summed E-state index contributed by atoms with van der Waals surface area (Å²) in [5, 5.41) is 21.5. The highest BCUT2D eigenvalue weighted by Crippen LogP contribution is 2.32. The molecular weight excluding hydrogens is 536 g/mol. The van der Waals surface area contributed by atoms with Crippen LogP contribution in [0.3, 0.4) is 0 Å². The van der Waals surface area contributed by atoms with Crippen molar-refractivity contribution in [1.82, 2.24) is 15.5 Å². The van der Waals surface area contributed by atoms with E-state index in [1.807, 2.05) is 60.7 Å². The molecule has 0 spiro atoms. The molecule has 0 saturated carbocycles. The van der Waals surface area contributed by atoms with Crippen molar-refractivity contribution < 1.29 is 19.1 Å². The first-order valence-electron chi connectivity index (χ1n) is 13.5. The van der Waals surface area contributed by atoms with Crippen molar-refractivity contribution in [3.63, 3.8) is 0 Å². The summed E-state index contributed by atoms with van der Waals surface area (Å²) >= 11 is 0. The lowest BCUT2D eigenvalue weighted by Gasteiger charge is -2.20. The molecule has 0 bridgehead atoms. The van der Waals surface area contributed by atoms with Crippen LogP contribution in [0.5, 0.6) is 5.75 Å². The number of azo groups is 1. The number of likely N-dealkylation sites (N-methyl/N-ethyl adjacent to an activating group) is 1. The number of amides is 3. The average molecular weight is 565 g/mol. The third-order valence-corrected chi connectivity index (χ3v) is 7.11. The summed E-state index contributed by atoms with van der Waals surface area (Å²) in [5.41, 5.74) is 3.98. The summed E-state index contributed by atoms with van der Waals surface area (Å²) < 4.78 is 5.90. The Morgan fingerprint density at radius 1 is 1.07 bits per heavy atom. The molecule has 212 valence electrons. The molecule has 3 aromatic carbocycles. The lowest BCUT2D eigenvalue weighted by atomic mass is 10.1. The van der Waals surface area contributed by atoms with Crippen molar-refractivity contribution in [1.29, 1.82) is 0 Å². The van der Waals surface area contributed by atoms with Gasteiger partial charge < -0.3 is 20.3 Å². The van der Waals surface area contributed by atoms with Gasteiger partial charge in [0.1, 0.15) is 18.4 Å². The van der Waals surface area contributed by atoms with E-state index in [1.165, 1.54) is 4.90 Å². The van der Waals surface area contributed by atoms with Crippen LogP contribution in [0.25, 0.3) is 10.9 Å². The van der Waals surface area contributed by atoms with E-state index in [-0.39, 0.29) is 30.7 Å². The van der Waals surface area contributed by atoms with Crippen molar-refractivity contribution in [3.8, 4) is 5.75 Å². The Labute approximate surface area is 240 Å². The molecule has 4 aromatic rings. The minimum absolute atomic E-state index is 0.0534. The molecule has 0 saturated heterocycles. The molecule has 12 nitrogen and oxygen atoms in total. The van der Waals surface area contributed by atoms with Gasteiger partial charge in [-0.3, -0.25) is 19.5 Å². The number of hydrogen-bond donors (Lipinski definition) is 3. The standard InChI is InChI=1S/C30H28N8O4/c1-38-24-13-19(8-12-27(39)32-21-10-9-20-16-31-35-22(20)15-21)7-11-25(24)42-17-23(30(38)41)33-29(40)28-34-26(36-37-28)14-18-5-3-2-4-6-18/h2-7,9-11,13,15-16,23,26H,8,12,14,17H2,1H3,(H,31,35)(H,32,39)(H,33,40). The number of carbonyl (C=O) groups excluding carboxylic acids is 3. The van der Waals surface area contributed by atoms with E-state index < -0.39 is 18.1 Å². The molecule has 3 amide bonds. The number of aromatic nitrogens is 2. The maximum atomic E-state index is 13.3. The summed E-state index contributed by atoms with van der Waals surface area (Å²) in [6.07, 6.45) is 2.47. The molecule has 0 fully saturated rings. The molecule has 12 heteroatoms. The third kappa shape index (κ3) is 5.87. The number of ether oxygens (including phenoxy) is 1. The number of carbonyl (C=O) groups is 3. The quantitative estimate of drug-likeness (QED) is 0.299. The van der Waals surface area contributed by atoms with Gasteiger partial charge in [-0.1, -0.05) is 36.4 Å². The SMILES string of the molecule is CN1C(=O)C(NC(=O)C2=NC(Cc3ccccc3)N=N2)COc2ccc(CCC(=O)Nc3ccc4cn[nH]c4c3)cc21.